The van der Waals surface area contributed by atoms with E-state index >= 15 is 0 Å². The molecule has 0 saturated carbocycles. The Morgan fingerprint density at radius 2 is 1.93 bits per heavy atom. The first kappa shape index (κ1) is 23.7. The van der Waals surface area contributed by atoms with Crippen molar-refractivity contribution < 1.29 is 4.74 Å². The number of hydrogen-bond acceptors (Lipinski definition) is 4. The fourth-order valence-corrected chi connectivity index (χ4v) is 3.01. The van der Waals surface area contributed by atoms with E-state index in [0.717, 1.165) is 48.3 Å². The smallest absolute Gasteiger partial charge is 0.191 e. The molecule has 3 rings (SSSR count). The van der Waals surface area contributed by atoms with E-state index in [2.05, 4.69) is 50.9 Å². The van der Waals surface area contributed by atoms with Crippen molar-refractivity contribution in [1.82, 2.24) is 25.4 Å². The van der Waals surface area contributed by atoms with E-state index in [0.29, 0.717) is 6.54 Å². The van der Waals surface area contributed by atoms with Crippen molar-refractivity contribution in [2.75, 3.05) is 20.2 Å². The van der Waals surface area contributed by atoms with Gasteiger partial charge in [-0.2, -0.15) is 0 Å². The molecule has 0 atom stereocenters. The number of nitrogens with zero attached hydrogens (tertiary/aromatic N) is 4. The van der Waals surface area contributed by atoms with Crippen LogP contribution in [0.15, 0.2) is 59.9 Å². The van der Waals surface area contributed by atoms with E-state index in [1.165, 1.54) is 5.56 Å². The number of aromatic nitrogens is 3. The Labute approximate surface area is 195 Å². The molecule has 2 N–H and O–H groups in total. The molecule has 0 amide bonds. The molecule has 2 aromatic carbocycles. The van der Waals surface area contributed by atoms with E-state index in [-0.39, 0.29) is 24.0 Å². The van der Waals surface area contributed by atoms with Gasteiger partial charge >= 0.3 is 0 Å². The maximum atomic E-state index is 5.41. The first-order chi connectivity index (χ1) is 14.2. The van der Waals surface area contributed by atoms with Crippen molar-refractivity contribution in [2.45, 2.75) is 26.8 Å². The van der Waals surface area contributed by atoms with Crippen molar-refractivity contribution in [2.24, 2.45) is 4.99 Å². The van der Waals surface area contributed by atoms with Crippen LogP contribution in [0.4, 0.5) is 0 Å². The number of benzene rings is 2. The number of methoxy groups -OCH3 is 1. The Morgan fingerprint density at radius 3 is 2.67 bits per heavy atom. The van der Waals surface area contributed by atoms with Gasteiger partial charge in [-0.3, -0.25) is 4.57 Å². The molecule has 3 aromatic rings. The van der Waals surface area contributed by atoms with Crippen LogP contribution in [0.25, 0.3) is 5.69 Å². The Balaban J connectivity index is 0.00000320. The average molecular weight is 520 g/mol. The second-order valence-electron chi connectivity index (χ2n) is 6.63. The summed E-state index contributed by atoms with van der Waals surface area (Å²) in [5.41, 5.74) is 3.38. The number of aliphatic imine (C=N–C) groups is 1. The van der Waals surface area contributed by atoms with Gasteiger partial charge in [-0.25, -0.2) is 4.99 Å². The molecule has 0 saturated heterocycles. The lowest BCUT2D eigenvalue weighted by atomic mass is 10.1. The third-order valence-corrected chi connectivity index (χ3v) is 4.55. The Bertz CT molecular complexity index is 942. The molecule has 0 aliphatic heterocycles. The summed E-state index contributed by atoms with van der Waals surface area (Å²) in [5, 5.41) is 14.9. The van der Waals surface area contributed by atoms with Crippen molar-refractivity contribution in [3.8, 4) is 11.4 Å². The highest BCUT2D eigenvalue weighted by Gasteiger charge is 2.07. The number of aryl methyl sites for hydroxylation is 1. The van der Waals surface area contributed by atoms with E-state index in [9.17, 15) is 0 Å². The van der Waals surface area contributed by atoms with E-state index in [1.54, 1.807) is 13.4 Å². The summed E-state index contributed by atoms with van der Waals surface area (Å²) in [5.74, 6) is 2.47. The molecule has 0 bridgehead atoms. The van der Waals surface area contributed by atoms with Crippen molar-refractivity contribution in [3.63, 3.8) is 0 Å². The molecule has 8 heteroatoms. The molecular formula is C22H29IN6O. The van der Waals surface area contributed by atoms with Gasteiger partial charge < -0.3 is 15.4 Å². The number of hydrogen-bond donors (Lipinski definition) is 2. The lowest BCUT2D eigenvalue weighted by molar-refractivity contribution is 0.411. The monoisotopic (exact) mass is 520 g/mol. The minimum Gasteiger partial charge on any atom is -0.496 e. The molecule has 160 valence electrons. The van der Waals surface area contributed by atoms with Crippen LogP contribution >= 0.6 is 24.0 Å². The molecule has 7 nitrogen and oxygen atoms in total. The number of ether oxygens (including phenoxy) is 1. The van der Waals surface area contributed by atoms with E-state index in [1.807, 2.05) is 41.8 Å². The fourth-order valence-electron chi connectivity index (χ4n) is 3.01. The third-order valence-electron chi connectivity index (χ3n) is 4.55. The highest BCUT2D eigenvalue weighted by atomic mass is 127. The van der Waals surface area contributed by atoms with Gasteiger partial charge in [-0.1, -0.05) is 30.3 Å². The van der Waals surface area contributed by atoms with Crippen molar-refractivity contribution in [1.29, 1.82) is 0 Å². The van der Waals surface area contributed by atoms with Gasteiger partial charge in [0, 0.05) is 18.8 Å². The number of halogens is 1. The van der Waals surface area contributed by atoms with Gasteiger partial charge in [-0.15, -0.1) is 34.2 Å². The molecule has 0 fully saturated rings. The summed E-state index contributed by atoms with van der Waals surface area (Å²) in [6.45, 7) is 6.08. The fraction of sp³-hybridized carbons (Fsp3) is 0.318. The first-order valence-electron chi connectivity index (χ1n) is 9.81. The molecule has 0 unspecified atom stereocenters. The van der Waals surface area contributed by atoms with Crippen LogP contribution in [-0.4, -0.2) is 40.9 Å². The lowest BCUT2D eigenvalue weighted by Crippen LogP contribution is -2.38. The second-order valence-corrected chi connectivity index (χ2v) is 6.63. The predicted molar refractivity (Wildman–Crippen MR) is 131 cm³/mol. The number of para-hydroxylation sites is 1. The maximum absolute atomic E-state index is 5.41. The zero-order valence-corrected chi connectivity index (χ0v) is 20.0. The normalized spacial score (nSPS) is 11.0. The zero-order valence-electron chi connectivity index (χ0n) is 17.6. The van der Waals surface area contributed by atoms with Crippen LogP contribution in [0.2, 0.25) is 0 Å². The Hall–Kier alpha value is -2.62. The zero-order chi connectivity index (χ0) is 20.5. The van der Waals surface area contributed by atoms with Crippen LogP contribution < -0.4 is 15.4 Å². The quantitative estimate of drug-likeness (QED) is 0.270. The summed E-state index contributed by atoms with van der Waals surface area (Å²) in [6.07, 6.45) is 2.59. The van der Waals surface area contributed by atoms with Gasteiger partial charge in [0.1, 0.15) is 18.6 Å². The molecule has 0 radical (unpaired) electrons. The predicted octanol–water partition coefficient (Wildman–Crippen LogP) is 3.50. The largest absolute Gasteiger partial charge is 0.496 e. The van der Waals surface area contributed by atoms with Crippen LogP contribution in [0.3, 0.4) is 0 Å². The molecule has 0 aliphatic rings. The van der Waals surface area contributed by atoms with Crippen LogP contribution in [0, 0.1) is 6.92 Å². The van der Waals surface area contributed by atoms with Gasteiger partial charge in [0.2, 0.25) is 0 Å². The van der Waals surface area contributed by atoms with Crippen molar-refractivity contribution in [3.05, 3.63) is 71.8 Å². The number of guanidine groups is 1. The average Bonchev–Trinajstić information content (AvgIpc) is 3.22. The minimum atomic E-state index is 0. The second kappa shape index (κ2) is 12.2. The standard InChI is InChI=1S/C22H28N6O.HI/c1-4-23-22(24-13-12-18-11-10-17(2)20(14-18)29-3)25-15-21-27-26-16-28(21)19-8-6-5-7-9-19;/h5-11,14,16H,4,12-13,15H2,1-3H3,(H2,23,24,25);1H. The minimum absolute atomic E-state index is 0. The summed E-state index contributed by atoms with van der Waals surface area (Å²) in [4.78, 5) is 4.67. The van der Waals surface area contributed by atoms with Crippen molar-refractivity contribution >= 4 is 29.9 Å². The lowest BCUT2D eigenvalue weighted by Gasteiger charge is -2.12. The summed E-state index contributed by atoms with van der Waals surface area (Å²) >= 11 is 0. The van der Waals surface area contributed by atoms with E-state index < -0.39 is 0 Å². The van der Waals surface area contributed by atoms with Crippen LogP contribution in [0.1, 0.15) is 23.9 Å². The summed E-state index contributed by atoms with van der Waals surface area (Å²) < 4.78 is 7.36. The molecule has 1 aromatic heterocycles. The van der Waals surface area contributed by atoms with Crippen LogP contribution in [-0.2, 0) is 13.0 Å². The van der Waals surface area contributed by atoms with Gasteiger partial charge in [-0.05, 0) is 49.6 Å². The van der Waals surface area contributed by atoms with E-state index in [4.69, 9.17) is 4.74 Å². The summed E-state index contributed by atoms with van der Waals surface area (Å²) in [7, 11) is 1.70. The molecule has 30 heavy (non-hydrogen) atoms. The Kier molecular flexibility index (Phi) is 9.59. The molecule has 0 aliphatic carbocycles. The molecule has 0 spiro atoms. The number of nitrogens with one attached hydrogen (secondary N) is 2. The highest BCUT2D eigenvalue weighted by Crippen LogP contribution is 2.19. The van der Waals surface area contributed by atoms with Gasteiger partial charge in [0.15, 0.2) is 11.8 Å². The highest BCUT2D eigenvalue weighted by molar-refractivity contribution is 14.0. The van der Waals surface area contributed by atoms with Crippen LogP contribution in [0.5, 0.6) is 5.75 Å². The van der Waals surface area contributed by atoms with Gasteiger partial charge in [0.05, 0.1) is 7.11 Å². The molecule has 1 heterocycles. The SMILES string of the molecule is CCNC(=NCc1nncn1-c1ccccc1)NCCc1ccc(C)c(OC)c1.I. The Morgan fingerprint density at radius 1 is 1.13 bits per heavy atom. The third kappa shape index (κ3) is 6.45. The topological polar surface area (TPSA) is 76.4 Å². The number of rotatable bonds is 8. The first-order valence-corrected chi connectivity index (χ1v) is 9.81. The summed E-state index contributed by atoms with van der Waals surface area (Å²) in [6, 6.07) is 16.3. The molecular weight excluding hydrogens is 491 g/mol. The maximum Gasteiger partial charge on any atom is 0.191 e. The van der Waals surface area contributed by atoms with Gasteiger partial charge in [0.25, 0.3) is 0 Å².